The van der Waals surface area contributed by atoms with Gasteiger partial charge in [-0.3, -0.25) is 4.79 Å². The summed E-state index contributed by atoms with van der Waals surface area (Å²) in [5.74, 6) is 0.191. The van der Waals surface area contributed by atoms with Crippen LogP contribution in [0.3, 0.4) is 0 Å². The van der Waals surface area contributed by atoms with Crippen molar-refractivity contribution in [2.24, 2.45) is 11.8 Å². The summed E-state index contributed by atoms with van der Waals surface area (Å²) in [5.41, 5.74) is 0. The van der Waals surface area contributed by atoms with Gasteiger partial charge in [-0.1, -0.05) is 63.1 Å². The van der Waals surface area contributed by atoms with E-state index in [0.29, 0.717) is 11.0 Å². The van der Waals surface area contributed by atoms with E-state index < -0.39 is 13.3 Å². The molecule has 0 amide bonds. The molecule has 0 radical (unpaired) electrons. The molecule has 3 nitrogen and oxygen atoms in total. The third kappa shape index (κ3) is 3.67. The molecule has 0 unspecified atom stereocenters. The van der Waals surface area contributed by atoms with Gasteiger partial charge in [0.2, 0.25) is 8.32 Å². The Labute approximate surface area is 174 Å². The van der Waals surface area contributed by atoms with Gasteiger partial charge in [0.15, 0.2) is 0 Å². The van der Waals surface area contributed by atoms with Crippen LogP contribution in [0.4, 0.5) is 0 Å². The van der Waals surface area contributed by atoms with Crippen molar-refractivity contribution >= 4 is 31.0 Å². The molecule has 2 aliphatic heterocycles. The molecule has 152 valence electrons. The van der Waals surface area contributed by atoms with Gasteiger partial charge in [-0.25, -0.2) is 0 Å². The van der Waals surface area contributed by atoms with Crippen LogP contribution < -0.4 is 5.19 Å². The van der Waals surface area contributed by atoms with E-state index in [-0.39, 0.29) is 24.0 Å². The van der Waals surface area contributed by atoms with E-state index in [1.807, 2.05) is 25.6 Å². The molecule has 5 heteroatoms. The highest BCUT2D eigenvalue weighted by Gasteiger charge is 2.54. The first-order valence-electron chi connectivity index (χ1n) is 10.6. The lowest BCUT2D eigenvalue weighted by atomic mass is 9.87. The maximum Gasteiger partial charge on any atom is 0.218 e. The van der Waals surface area contributed by atoms with Crippen LogP contribution in [0, 0.1) is 11.8 Å². The normalized spacial score (nSPS) is 38.0. The van der Waals surface area contributed by atoms with Crippen molar-refractivity contribution < 1.29 is 14.0 Å². The fraction of sp³-hybridized carbons (Fsp3) is 0.609. The van der Waals surface area contributed by atoms with E-state index in [1.54, 1.807) is 0 Å². The average Bonchev–Trinajstić information content (AvgIpc) is 3.10. The summed E-state index contributed by atoms with van der Waals surface area (Å²) in [6.45, 7) is 8.63. The van der Waals surface area contributed by atoms with Gasteiger partial charge in [0.1, 0.15) is 10.7 Å². The summed E-state index contributed by atoms with van der Waals surface area (Å²) in [5, 5.41) is 1.71. The molecule has 1 saturated carbocycles. The van der Waals surface area contributed by atoms with E-state index in [2.05, 4.69) is 55.6 Å². The van der Waals surface area contributed by atoms with Gasteiger partial charge in [-0.15, -0.1) is 11.8 Å². The molecule has 2 bridgehead atoms. The van der Waals surface area contributed by atoms with E-state index in [1.165, 1.54) is 18.0 Å². The number of Topliss-reactive ketones (excluding diaryl/α,β-unsaturated/α-hetero) is 1. The van der Waals surface area contributed by atoms with Gasteiger partial charge in [0.25, 0.3) is 0 Å². The van der Waals surface area contributed by atoms with Gasteiger partial charge >= 0.3 is 0 Å². The number of fused-ring (bicyclic) bond motifs is 2. The highest BCUT2D eigenvalue weighted by molar-refractivity contribution is 8.01. The molecule has 6 atom stereocenters. The van der Waals surface area contributed by atoms with Crippen molar-refractivity contribution in [2.75, 3.05) is 0 Å². The quantitative estimate of drug-likeness (QED) is 0.516. The third-order valence-electron chi connectivity index (χ3n) is 6.70. The fourth-order valence-corrected chi connectivity index (χ4v) is 8.83. The second kappa shape index (κ2) is 7.75. The van der Waals surface area contributed by atoms with Gasteiger partial charge in [0, 0.05) is 11.2 Å². The number of rotatable bonds is 5. The average molecular weight is 417 g/mol. The maximum absolute atomic E-state index is 12.8. The Kier molecular flexibility index (Phi) is 5.64. The number of ether oxygens (including phenoxy) is 1. The highest BCUT2D eigenvalue weighted by Crippen LogP contribution is 2.51. The molecule has 1 aromatic carbocycles. The second-order valence-corrected chi connectivity index (χ2v) is 14.4. The number of carbonyl (C=O) groups excluding carboxylic acids is 1. The molecule has 1 saturated heterocycles. The number of hydrogen-bond acceptors (Lipinski definition) is 4. The summed E-state index contributed by atoms with van der Waals surface area (Å²) in [6.07, 6.45) is 9.13. The molecule has 0 spiro atoms. The zero-order valence-corrected chi connectivity index (χ0v) is 19.2. The van der Waals surface area contributed by atoms with Gasteiger partial charge in [0.05, 0.1) is 18.1 Å². The molecule has 28 heavy (non-hydrogen) atoms. The number of benzene rings is 1. The van der Waals surface area contributed by atoms with Crippen molar-refractivity contribution in [3.8, 4) is 0 Å². The van der Waals surface area contributed by atoms with Crippen LogP contribution >= 0.6 is 11.8 Å². The van der Waals surface area contributed by atoms with Gasteiger partial charge in [-0.2, -0.15) is 0 Å². The second-order valence-electron chi connectivity index (χ2n) is 9.05. The summed E-state index contributed by atoms with van der Waals surface area (Å²) in [4.78, 5) is 12.3. The van der Waals surface area contributed by atoms with Crippen molar-refractivity contribution in [1.82, 2.24) is 0 Å². The lowest BCUT2D eigenvalue weighted by Crippen LogP contribution is -2.52. The summed E-state index contributed by atoms with van der Waals surface area (Å²) >= 11 is 1.86. The van der Waals surface area contributed by atoms with Gasteiger partial charge < -0.3 is 9.16 Å². The largest absolute Gasteiger partial charge is 0.409 e. The summed E-state index contributed by atoms with van der Waals surface area (Å²) < 4.78 is 13.3. The Hall–Kier alpha value is -0.883. The topological polar surface area (TPSA) is 35.5 Å². The molecule has 2 fully saturated rings. The molecule has 0 N–H and O–H groups in total. The van der Waals surface area contributed by atoms with Crippen molar-refractivity contribution in [2.45, 2.75) is 75.0 Å². The Morgan fingerprint density at radius 3 is 2.61 bits per heavy atom. The minimum Gasteiger partial charge on any atom is -0.409 e. The minimum atomic E-state index is -1.98. The SMILES string of the molecule is C[C@@H]1C(=O)[C@H](C)[C@H]2C=C[C@@]1(S[C@@H]1CCCC[C@H]1O[Si](C)(C)c1ccccc1)O2. The summed E-state index contributed by atoms with van der Waals surface area (Å²) in [7, 11) is -1.98. The Balaban J connectivity index is 1.52. The molecule has 4 rings (SSSR count). The van der Waals surface area contributed by atoms with Gasteiger partial charge in [-0.05, 0) is 37.2 Å². The zero-order chi connectivity index (χ0) is 19.9. The first kappa shape index (κ1) is 20.4. The molecular formula is C23H32O3SSi. The van der Waals surface area contributed by atoms with Crippen molar-refractivity contribution in [3.63, 3.8) is 0 Å². The fourth-order valence-electron chi connectivity index (χ4n) is 4.81. The predicted octanol–water partition coefficient (Wildman–Crippen LogP) is 4.67. The molecule has 0 aromatic heterocycles. The standard InChI is InChI=1S/C23H32O3SSi/c1-16-19-14-15-23(25-19,17(2)22(16)24)27-21-13-9-8-12-20(21)26-28(3,4)18-10-6-5-7-11-18/h5-7,10-11,14-17,19-21H,8-9,12-13H2,1-4H3/t16-,17-,19-,20-,21-,23+/m1/s1. The molecular weight excluding hydrogens is 384 g/mol. The smallest absolute Gasteiger partial charge is 0.218 e. The number of hydrogen-bond donors (Lipinski definition) is 0. The lowest BCUT2D eigenvalue weighted by molar-refractivity contribution is -0.146. The summed E-state index contributed by atoms with van der Waals surface area (Å²) in [6, 6.07) is 10.7. The van der Waals surface area contributed by atoms with Crippen LogP contribution in [0.1, 0.15) is 39.5 Å². The Morgan fingerprint density at radius 1 is 1.14 bits per heavy atom. The molecule has 3 aliphatic rings. The van der Waals surface area contributed by atoms with E-state index in [0.717, 1.165) is 12.8 Å². The number of ketones is 1. The van der Waals surface area contributed by atoms with Crippen LogP contribution in [-0.4, -0.2) is 36.5 Å². The third-order valence-corrected chi connectivity index (χ3v) is 11.1. The maximum atomic E-state index is 12.8. The van der Waals surface area contributed by atoms with Crippen LogP contribution in [0.5, 0.6) is 0 Å². The first-order valence-corrected chi connectivity index (χ1v) is 14.4. The molecule has 1 aromatic rings. The highest BCUT2D eigenvalue weighted by atomic mass is 32.2. The van der Waals surface area contributed by atoms with E-state index in [4.69, 9.17) is 9.16 Å². The van der Waals surface area contributed by atoms with E-state index in [9.17, 15) is 4.79 Å². The Morgan fingerprint density at radius 2 is 1.86 bits per heavy atom. The molecule has 2 heterocycles. The first-order chi connectivity index (χ1) is 13.3. The van der Waals surface area contributed by atoms with Crippen LogP contribution in [-0.2, 0) is 14.0 Å². The van der Waals surface area contributed by atoms with Crippen molar-refractivity contribution in [1.29, 1.82) is 0 Å². The Bertz CT molecular complexity index is 749. The monoisotopic (exact) mass is 416 g/mol. The number of carbonyl (C=O) groups is 1. The number of thioether (sulfide) groups is 1. The zero-order valence-electron chi connectivity index (χ0n) is 17.4. The predicted molar refractivity (Wildman–Crippen MR) is 118 cm³/mol. The van der Waals surface area contributed by atoms with Crippen molar-refractivity contribution in [3.05, 3.63) is 42.5 Å². The minimum absolute atomic E-state index is 0.0368. The molecule has 1 aliphatic carbocycles. The van der Waals surface area contributed by atoms with Crippen LogP contribution in [0.2, 0.25) is 13.1 Å². The lowest BCUT2D eigenvalue weighted by Gasteiger charge is -2.45. The van der Waals surface area contributed by atoms with Crippen LogP contribution in [0.15, 0.2) is 42.5 Å². The van der Waals surface area contributed by atoms with E-state index >= 15 is 0 Å². The van der Waals surface area contributed by atoms with Crippen LogP contribution in [0.25, 0.3) is 0 Å².